The van der Waals surface area contributed by atoms with Crippen LogP contribution in [0.25, 0.3) is 0 Å². The van der Waals surface area contributed by atoms with Crippen LogP contribution in [0.1, 0.15) is 12.5 Å². The SMILES string of the molecule is C=C[C@H](C)COSc1ccc(C)cc1. The Morgan fingerprint density at radius 1 is 1.43 bits per heavy atom. The molecule has 1 rings (SSSR count). The summed E-state index contributed by atoms with van der Waals surface area (Å²) in [5, 5.41) is 0. The van der Waals surface area contributed by atoms with Crippen molar-refractivity contribution in [2.45, 2.75) is 18.7 Å². The Morgan fingerprint density at radius 3 is 2.64 bits per heavy atom. The lowest BCUT2D eigenvalue weighted by atomic mass is 10.2. The second-order valence-corrected chi connectivity index (χ2v) is 4.27. The molecule has 1 aromatic carbocycles. The molecule has 14 heavy (non-hydrogen) atoms. The summed E-state index contributed by atoms with van der Waals surface area (Å²) in [5.41, 5.74) is 1.27. The summed E-state index contributed by atoms with van der Waals surface area (Å²) in [6, 6.07) is 8.31. The largest absolute Gasteiger partial charge is 0.310 e. The van der Waals surface area contributed by atoms with Crippen LogP contribution in [-0.4, -0.2) is 6.61 Å². The first kappa shape index (κ1) is 11.3. The van der Waals surface area contributed by atoms with Crippen molar-refractivity contribution in [2.75, 3.05) is 6.61 Å². The van der Waals surface area contributed by atoms with Gasteiger partial charge in [-0.15, -0.1) is 6.58 Å². The molecule has 0 aliphatic heterocycles. The van der Waals surface area contributed by atoms with E-state index in [1.807, 2.05) is 6.08 Å². The summed E-state index contributed by atoms with van der Waals surface area (Å²) in [6.07, 6.45) is 1.90. The molecule has 1 atom stereocenters. The number of hydrogen-bond acceptors (Lipinski definition) is 2. The molecule has 0 amide bonds. The Labute approximate surface area is 90.4 Å². The van der Waals surface area contributed by atoms with Crippen LogP contribution >= 0.6 is 12.0 Å². The van der Waals surface area contributed by atoms with Crippen molar-refractivity contribution in [3.63, 3.8) is 0 Å². The van der Waals surface area contributed by atoms with Gasteiger partial charge in [0.25, 0.3) is 0 Å². The number of aryl methyl sites for hydroxylation is 1. The fourth-order valence-electron chi connectivity index (χ4n) is 0.871. The first-order valence-electron chi connectivity index (χ1n) is 4.71. The van der Waals surface area contributed by atoms with Crippen molar-refractivity contribution in [3.8, 4) is 0 Å². The van der Waals surface area contributed by atoms with Gasteiger partial charge in [-0.05, 0) is 25.0 Å². The number of benzene rings is 1. The zero-order chi connectivity index (χ0) is 10.4. The van der Waals surface area contributed by atoms with E-state index in [9.17, 15) is 0 Å². The van der Waals surface area contributed by atoms with E-state index in [-0.39, 0.29) is 0 Å². The maximum Gasteiger partial charge on any atom is 0.0678 e. The van der Waals surface area contributed by atoms with E-state index in [0.717, 1.165) is 4.90 Å². The molecule has 0 aromatic heterocycles. The fourth-order valence-corrected chi connectivity index (χ4v) is 1.54. The van der Waals surface area contributed by atoms with E-state index in [4.69, 9.17) is 4.18 Å². The third-order valence-electron chi connectivity index (χ3n) is 1.91. The van der Waals surface area contributed by atoms with Gasteiger partial charge in [-0.3, -0.25) is 0 Å². The van der Waals surface area contributed by atoms with Gasteiger partial charge in [0, 0.05) is 16.9 Å². The van der Waals surface area contributed by atoms with Crippen molar-refractivity contribution < 1.29 is 4.18 Å². The Morgan fingerprint density at radius 2 is 2.07 bits per heavy atom. The van der Waals surface area contributed by atoms with Gasteiger partial charge in [0.05, 0.1) is 6.61 Å². The summed E-state index contributed by atoms with van der Waals surface area (Å²) >= 11 is 1.43. The highest BCUT2D eigenvalue weighted by Crippen LogP contribution is 2.20. The molecule has 0 aliphatic rings. The van der Waals surface area contributed by atoms with E-state index in [1.54, 1.807) is 0 Å². The minimum Gasteiger partial charge on any atom is -0.310 e. The quantitative estimate of drug-likeness (QED) is 0.537. The van der Waals surface area contributed by atoms with Crippen molar-refractivity contribution in [1.29, 1.82) is 0 Å². The van der Waals surface area contributed by atoms with E-state index in [1.165, 1.54) is 17.6 Å². The Bertz CT molecular complexity index is 279. The van der Waals surface area contributed by atoms with Crippen LogP contribution in [0.2, 0.25) is 0 Å². The van der Waals surface area contributed by atoms with Crippen LogP contribution in [0, 0.1) is 12.8 Å². The van der Waals surface area contributed by atoms with Gasteiger partial charge < -0.3 is 4.18 Å². The topological polar surface area (TPSA) is 9.23 Å². The molecule has 0 radical (unpaired) electrons. The van der Waals surface area contributed by atoms with Gasteiger partial charge in [0.15, 0.2) is 0 Å². The maximum atomic E-state index is 5.46. The van der Waals surface area contributed by atoms with Crippen LogP contribution in [0.4, 0.5) is 0 Å². The van der Waals surface area contributed by atoms with Gasteiger partial charge >= 0.3 is 0 Å². The monoisotopic (exact) mass is 208 g/mol. The molecule has 0 saturated carbocycles. The Hall–Kier alpha value is -0.730. The normalized spacial score (nSPS) is 12.4. The van der Waals surface area contributed by atoms with Gasteiger partial charge in [-0.1, -0.05) is 30.7 Å². The van der Waals surface area contributed by atoms with Crippen molar-refractivity contribution in [2.24, 2.45) is 5.92 Å². The highest BCUT2D eigenvalue weighted by atomic mass is 32.2. The highest BCUT2D eigenvalue weighted by molar-refractivity contribution is 7.94. The first-order valence-corrected chi connectivity index (χ1v) is 5.45. The average molecular weight is 208 g/mol. The lowest BCUT2D eigenvalue weighted by Gasteiger charge is -2.05. The second-order valence-electron chi connectivity index (χ2n) is 3.39. The summed E-state index contributed by atoms with van der Waals surface area (Å²) in [4.78, 5) is 1.15. The molecule has 0 aliphatic carbocycles. The molecular weight excluding hydrogens is 192 g/mol. The van der Waals surface area contributed by atoms with Gasteiger partial charge in [0.1, 0.15) is 0 Å². The summed E-state index contributed by atoms with van der Waals surface area (Å²) < 4.78 is 5.46. The maximum absolute atomic E-state index is 5.46. The predicted molar refractivity (Wildman–Crippen MR) is 62.3 cm³/mol. The summed E-state index contributed by atoms with van der Waals surface area (Å²) in [6.45, 7) is 8.58. The van der Waals surface area contributed by atoms with Crippen molar-refractivity contribution in [3.05, 3.63) is 42.5 Å². The highest BCUT2D eigenvalue weighted by Gasteiger charge is 1.98. The van der Waals surface area contributed by atoms with Gasteiger partial charge in [-0.25, -0.2) is 0 Å². The molecule has 0 fully saturated rings. The van der Waals surface area contributed by atoms with E-state index < -0.39 is 0 Å². The fraction of sp³-hybridized carbons (Fsp3) is 0.333. The average Bonchev–Trinajstić information content (AvgIpc) is 2.21. The molecule has 1 nitrogen and oxygen atoms in total. The summed E-state index contributed by atoms with van der Waals surface area (Å²) in [7, 11) is 0. The van der Waals surface area contributed by atoms with E-state index >= 15 is 0 Å². The van der Waals surface area contributed by atoms with Crippen LogP contribution in [0.3, 0.4) is 0 Å². The molecule has 0 bridgehead atoms. The molecule has 76 valence electrons. The molecular formula is C12H16OS. The minimum absolute atomic E-state index is 0.410. The molecule has 0 N–H and O–H groups in total. The molecule has 1 aromatic rings. The van der Waals surface area contributed by atoms with Crippen LogP contribution in [-0.2, 0) is 4.18 Å². The summed E-state index contributed by atoms with van der Waals surface area (Å²) in [5.74, 6) is 0.410. The van der Waals surface area contributed by atoms with Crippen LogP contribution in [0.5, 0.6) is 0 Å². The van der Waals surface area contributed by atoms with E-state index in [0.29, 0.717) is 12.5 Å². The smallest absolute Gasteiger partial charge is 0.0678 e. The zero-order valence-electron chi connectivity index (χ0n) is 8.69. The van der Waals surface area contributed by atoms with Crippen LogP contribution in [0.15, 0.2) is 41.8 Å². The molecule has 2 heteroatoms. The first-order chi connectivity index (χ1) is 6.72. The molecule has 0 unspecified atom stereocenters. The Balaban J connectivity index is 2.31. The zero-order valence-corrected chi connectivity index (χ0v) is 9.51. The van der Waals surface area contributed by atoms with Crippen molar-refractivity contribution >= 4 is 12.0 Å². The minimum atomic E-state index is 0.410. The van der Waals surface area contributed by atoms with E-state index in [2.05, 4.69) is 44.7 Å². The molecule has 0 saturated heterocycles. The third-order valence-corrected chi connectivity index (χ3v) is 2.63. The van der Waals surface area contributed by atoms with Crippen LogP contribution < -0.4 is 0 Å². The molecule has 0 heterocycles. The lowest BCUT2D eigenvalue weighted by molar-refractivity contribution is 0.333. The Kier molecular flexibility index (Phi) is 4.77. The van der Waals surface area contributed by atoms with Gasteiger partial charge in [0.2, 0.25) is 0 Å². The third kappa shape index (κ3) is 3.99. The molecule has 0 spiro atoms. The van der Waals surface area contributed by atoms with Crippen molar-refractivity contribution in [1.82, 2.24) is 0 Å². The predicted octanol–water partition coefficient (Wildman–Crippen LogP) is 3.84. The number of hydrogen-bond donors (Lipinski definition) is 0. The van der Waals surface area contributed by atoms with Gasteiger partial charge in [-0.2, -0.15) is 0 Å². The number of rotatable bonds is 5. The standard InChI is InChI=1S/C12H16OS/c1-4-10(2)9-13-14-12-7-5-11(3)6-8-12/h4-8,10H,1,9H2,2-3H3/t10-/m0/s1. The lowest BCUT2D eigenvalue weighted by Crippen LogP contribution is -1.97. The second kappa shape index (κ2) is 5.89.